The number of carbonyl (C=O) groups excluding carboxylic acids is 1. The Morgan fingerprint density at radius 2 is 2.19 bits per heavy atom. The average Bonchev–Trinajstić information content (AvgIpc) is 2.44. The summed E-state index contributed by atoms with van der Waals surface area (Å²) in [7, 11) is 0. The van der Waals surface area contributed by atoms with Crippen molar-refractivity contribution in [2.75, 3.05) is 36.4 Å². The van der Waals surface area contributed by atoms with Gasteiger partial charge in [-0.2, -0.15) is 13.2 Å². The molecule has 2 heterocycles. The van der Waals surface area contributed by atoms with Crippen molar-refractivity contribution in [1.82, 2.24) is 15.3 Å². The molecule has 2 rings (SSSR count). The van der Waals surface area contributed by atoms with Crippen molar-refractivity contribution >= 4 is 17.5 Å². The van der Waals surface area contributed by atoms with E-state index in [9.17, 15) is 18.0 Å². The van der Waals surface area contributed by atoms with Crippen molar-refractivity contribution < 1.29 is 18.0 Å². The van der Waals surface area contributed by atoms with Gasteiger partial charge in [0.1, 0.15) is 11.6 Å². The number of hydrogen-bond donors (Lipinski definition) is 2. The number of nitrogens with one attached hydrogen (secondary N) is 2. The highest BCUT2D eigenvalue weighted by Gasteiger charge is 2.36. The molecule has 0 unspecified atom stereocenters. The molecule has 116 valence electrons. The number of aromatic nitrogens is 2. The lowest BCUT2D eigenvalue weighted by molar-refractivity contribution is -0.144. The highest BCUT2D eigenvalue weighted by atomic mass is 19.4. The smallest absolute Gasteiger partial charge is 0.370 e. The van der Waals surface area contributed by atoms with E-state index >= 15 is 0 Å². The van der Waals surface area contributed by atoms with Crippen LogP contribution in [0.1, 0.15) is 19.2 Å². The standard InChI is InChI=1S/C12H16F3N5O/c1-2-3-16-8-6-9(19-11(18-8)12(13,14)15)20-5-4-17-10(21)7-20/h6H,2-5,7H2,1H3,(H,17,21)(H,16,18,19). The fourth-order valence-electron chi connectivity index (χ4n) is 1.90. The molecule has 0 aliphatic carbocycles. The van der Waals surface area contributed by atoms with E-state index in [0.29, 0.717) is 19.6 Å². The highest BCUT2D eigenvalue weighted by molar-refractivity contribution is 5.82. The van der Waals surface area contributed by atoms with Gasteiger partial charge in [-0.1, -0.05) is 6.92 Å². The van der Waals surface area contributed by atoms with Crippen LogP contribution in [0.4, 0.5) is 24.8 Å². The Morgan fingerprint density at radius 1 is 1.43 bits per heavy atom. The first-order chi connectivity index (χ1) is 9.90. The van der Waals surface area contributed by atoms with Crippen molar-refractivity contribution in [1.29, 1.82) is 0 Å². The van der Waals surface area contributed by atoms with Gasteiger partial charge in [0.25, 0.3) is 0 Å². The molecule has 0 spiro atoms. The predicted octanol–water partition coefficient (Wildman–Crippen LogP) is 1.25. The molecule has 1 aromatic heterocycles. The lowest BCUT2D eigenvalue weighted by Gasteiger charge is -2.28. The van der Waals surface area contributed by atoms with Crippen LogP contribution in [0, 0.1) is 0 Å². The summed E-state index contributed by atoms with van der Waals surface area (Å²) in [6.07, 6.45) is -3.87. The number of amides is 1. The van der Waals surface area contributed by atoms with E-state index in [0.717, 1.165) is 6.42 Å². The van der Waals surface area contributed by atoms with E-state index in [1.54, 1.807) is 0 Å². The second-order valence-corrected chi connectivity index (χ2v) is 4.63. The van der Waals surface area contributed by atoms with Gasteiger partial charge >= 0.3 is 6.18 Å². The number of alkyl halides is 3. The zero-order chi connectivity index (χ0) is 15.5. The summed E-state index contributed by atoms with van der Waals surface area (Å²) in [5.74, 6) is -1.23. The number of piperazine rings is 1. The summed E-state index contributed by atoms with van der Waals surface area (Å²) in [5, 5.41) is 5.43. The molecule has 1 fully saturated rings. The average molecular weight is 303 g/mol. The van der Waals surface area contributed by atoms with Crippen LogP contribution >= 0.6 is 0 Å². The highest BCUT2D eigenvalue weighted by Crippen LogP contribution is 2.29. The van der Waals surface area contributed by atoms with Crippen LogP contribution in [0.2, 0.25) is 0 Å². The lowest BCUT2D eigenvalue weighted by Crippen LogP contribution is -2.48. The van der Waals surface area contributed by atoms with Crippen molar-refractivity contribution in [2.45, 2.75) is 19.5 Å². The topological polar surface area (TPSA) is 70.2 Å². The number of halogens is 3. The summed E-state index contributed by atoms with van der Waals surface area (Å²) in [4.78, 5) is 19.9. The molecular formula is C12H16F3N5O. The van der Waals surface area contributed by atoms with Gasteiger partial charge in [0, 0.05) is 25.7 Å². The Kier molecular flexibility index (Phi) is 4.49. The lowest BCUT2D eigenvalue weighted by atomic mass is 10.3. The van der Waals surface area contributed by atoms with Gasteiger partial charge in [0.05, 0.1) is 6.54 Å². The van der Waals surface area contributed by atoms with Gasteiger partial charge in [0.15, 0.2) is 0 Å². The van der Waals surface area contributed by atoms with E-state index in [-0.39, 0.29) is 24.1 Å². The number of hydrogen-bond acceptors (Lipinski definition) is 5. The summed E-state index contributed by atoms with van der Waals surface area (Å²) >= 11 is 0. The molecule has 1 saturated heterocycles. The van der Waals surface area contributed by atoms with Gasteiger partial charge in [-0.25, -0.2) is 9.97 Å². The predicted molar refractivity (Wildman–Crippen MR) is 71.0 cm³/mol. The normalized spacial score (nSPS) is 15.8. The van der Waals surface area contributed by atoms with Crippen LogP contribution in [0.25, 0.3) is 0 Å². The van der Waals surface area contributed by atoms with Crippen molar-refractivity contribution in [3.8, 4) is 0 Å². The Balaban J connectivity index is 2.32. The third kappa shape index (κ3) is 3.96. The maximum absolute atomic E-state index is 12.9. The van der Waals surface area contributed by atoms with Gasteiger partial charge in [-0.05, 0) is 6.42 Å². The maximum atomic E-state index is 12.9. The molecular weight excluding hydrogens is 287 g/mol. The number of nitrogens with zero attached hydrogens (tertiary/aromatic N) is 3. The summed E-state index contributed by atoms with van der Waals surface area (Å²) < 4.78 is 38.6. The molecule has 6 nitrogen and oxygen atoms in total. The van der Waals surface area contributed by atoms with E-state index in [1.807, 2.05) is 6.92 Å². The van der Waals surface area contributed by atoms with Crippen LogP contribution < -0.4 is 15.5 Å². The second kappa shape index (κ2) is 6.15. The van der Waals surface area contributed by atoms with Crippen molar-refractivity contribution in [3.05, 3.63) is 11.9 Å². The molecule has 0 saturated carbocycles. The monoisotopic (exact) mass is 303 g/mol. The van der Waals surface area contributed by atoms with Crippen LogP contribution in [0.3, 0.4) is 0 Å². The minimum Gasteiger partial charge on any atom is -0.370 e. The van der Waals surface area contributed by atoms with Crippen LogP contribution in [-0.4, -0.2) is 42.1 Å². The van der Waals surface area contributed by atoms with E-state index in [1.165, 1.54) is 11.0 Å². The van der Waals surface area contributed by atoms with E-state index < -0.39 is 12.0 Å². The van der Waals surface area contributed by atoms with Gasteiger partial charge < -0.3 is 15.5 Å². The number of carbonyl (C=O) groups is 1. The molecule has 1 aliphatic rings. The van der Waals surface area contributed by atoms with E-state index in [4.69, 9.17) is 0 Å². The molecule has 0 atom stereocenters. The quantitative estimate of drug-likeness (QED) is 0.876. The first kappa shape index (κ1) is 15.3. The van der Waals surface area contributed by atoms with Gasteiger partial charge in [-0.15, -0.1) is 0 Å². The van der Waals surface area contributed by atoms with Crippen LogP contribution in [0.15, 0.2) is 6.07 Å². The second-order valence-electron chi connectivity index (χ2n) is 4.63. The Morgan fingerprint density at radius 3 is 2.81 bits per heavy atom. The maximum Gasteiger partial charge on any atom is 0.451 e. The molecule has 1 amide bonds. The van der Waals surface area contributed by atoms with Gasteiger partial charge in [-0.3, -0.25) is 4.79 Å². The van der Waals surface area contributed by atoms with Crippen LogP contribution in [-0.2, 0) is 11.0 Å². The molecule has 0 radical (unpaired) electrons. The Bertz CT molecular complexity index is 520. The zero-order valence-electron chi connectivity index (χ0n) is 11.5. The van der Waals surface area contributed by atoms with Crippen LogP contribution in [0.5, 0.6) is 0 Å². The molecule has 9 heteroatoms. The molecule has 0 aromatic carbocycles. The van der Waals surface area contributed by atoms with Crippen molar-refractivity contribution in [3.63, 3.8) is 0 Å². The third-order valence-corrected chi connectivity index (χ3v) is 2.88. The van der Waals surface area contributed by atoms with E-state index in [2.05, 4.69) is 20.6 Å². The Labute approximate surface area is 119 Å². The largest absolute Gasteiger partial charge is 0.451 e. The summed E-state index contributed by atoms with van der Waals surface area (Å²) in [5.41, 5.74) is 0. The van der Waals surface area contributed by atoms with Crippen molar-refractivity contribution in [2.24, 2.45) is 0 Å². The first-order valence-electron chi connectivity index (χ1n) is 6.62. The SMILES string of the molecule is CCCNc1cc(N2CCNC(=O)C2)nc(C(F)(F)F)n1. The fraction of sp³-hybridized carbons (Fsp3) is 0.583. The first-order valence-corrected chi connectivity index (χ1v) is 6.62. The molecule has 0 bridgehead atoms. The van der Waals surface area contributed by atoms with Gasteiger partial charge in [0.2, 0.25) is 11.7 Å². The molecule has 2 N–H and O–H groups in total. The molecule has 21 heavy (non-hydrogen) atoms. The summed E-state index contributed by atoms with van der Waals surface area (Å²) in [6.45, 7) is 3.18. The molecule has 1 aliphatic heterocycles. The fourth-order valence-corrected chi connectivity index (χ4v) is 1.90. The third-order valence-electron chi connectivity index (χ3n) is 2.88. The number of anilines is 2. The molecule has 1 aromatic rings. The minimum atomic E-state index is -4.63. The number of rotatable bonds is 4. The minimum absolute atomic E-state index is 0.0124. The zero-order valence-corrected chi connectivity index (χ0v) is 11.5. The summed E-state index contributed by atoms with van der Waals surface area (Å²) in [6, 6.07) is 1.43. The Hall–Kier alpha value is -2.06.